The van der Waals surface area contributed by atoms with Crippen molar-refractivity contribution in [3.63, 3.8) is 0 Å². The highest BCUT2D eigenvalue weighted by atomic mass is 31.2. The van der Waals surface area contributed by atoms with E-state index in [0.717, 1.165) is 83.5 Å². The third kappa shape index (κ3) is 65.1. The Morgan fingerprint density at radius 1 is 0.444 bits per heavy atom. The molecule has 0 aliphatic carbocycles. The molecule has 0 bridgehead atoms. The zero-order chi connectivity index (χ0) is 59.1. The number of amides is 1. The van der Waals surface area contributed by atoms with Crippen LogP contribution in [0.2, 0.25) is 0 Å². The standard InChI is InChI=1S/C72H133N2O6P/c1-6-8-10-12-14-16-18-20-22-24-26-28-30-32-34-36-38-39-41-43-45-47-49-51-53-55-57-59-61-63-65-71(75)70(69-80-81(77,78)79-68-67-74(3,4)5)73-72(76)66-64-62-60-58-56-54-52-50-48-46-44-42-40-37-35-33-31-29-27-25-23-21-19-17-15-13-11-9-7-2/h9,11,15,17,21,23,27,29,33,35,40,42,63,65,70-71,75H,6-8,10,12-14,16,18-20,22,24-26,28,30-32,34,36-39,41,43-62,64,66-69H2,1-5H3,(H-,73,76,77,78)/b11-9-,17-15-,23-21-,29-27-,35-33-,42-40-,65-63+. The molecule has 472 valence electrons. The second-order valence-corrected chi connectivity index (χ2v) is 25.9. The molecule has 0 saturated carbocycles. The number of aliphatic hydroxyl groups excluding tert-OH is 1. The molecule has 0 aliphatic heterocycles. The van der Waals surface area contributed by atoms with Gasteiger partial charge in [-0.15, -0.1) is 0 Å². The predicted octanol–water partition coefficient (Wildman–Crippen LogP) is 21.3. The van der Waals surface area contributed by atoms with Crippen LogP contribution in [0.25, 0.3) is 0 Å². The maximum atomic E-state index is 13.0. The maximum Gasteiger partial charge on any atom is 0.268 e. The van der Waals surface area contributed by atoms with E-state index in [-0.39, 0.29) is 19.1 Å². The number of phosphoric ester groups is 1. The smallest absolute Gasteiger partial charge is 0.268 e. The average Bonchev–Trinajstić information content (AvgIpc) is 3.43. The molecule has 9 heteroatoms. The number of quaternary nitrogens is 1. The highest BCUT2D eigenvalue weighted by Gasteiger charge is 2.23. The van der Waals surface area contributed by atoms with Gasteiger partial charge in [-0.2, -0.15) is 0 Å². The number of allylic oxidation sites excluding steroid dienone is 13. The van der Waals surface area contributed by atoms with Crippen molar-refractivity contribution >= 4 is 13.7 Å². The topological polar surface area (TPSA) is 108 Å². The summed E-state index contributed by atoms with van der Waals surface area (Å²) in [5, 5.41) is 14.0. The summed E-state index contributed by atoms with van der Waals surface area (Å²) in [6, 6.07) is -0.896. The molecule has 1 amide bonds. The van der Waals surface area contributed by atoms with E-state index in [1.807, 2.05) is 27.2 Å². The Morgan fingerprint density at radius 2 is 0.753 bits per heavy atom. The molecule has 3 atom stereocenters. The number of carbonyl (C=O) groups is 1. The van der Waals surface area contributed by atoms with E-state index >= 15 is 0 Å². The number of hydrogen-bond donors (Lipinski definition) is 2. The van der Waals surface area contributed by atoms with Crippen molar-refractivity contribution in [2.24, 2.45) is 0 Å². The summed E-state index contributed by atoms with van der Waals surface area (Å²) < 4.78 is 23.5. The van der Waals surface area contributed by atoms with Crippen molar-refractivity contribution < 1.29 is 32.9 Å². The third-order valence-electron chi connectivity index (χ3n) is 15.4. The lowest BCUT2D eigenvalue weighted by atomic mass is 10.0. The minimum absolute atomic E-state index is 0.00480. The summed E-state index contributed by atoms with van der Waals surface area (Å²) in [5.74, 6) is -0.201. The summed E-state index contributed by atoms with van der Waals surface area (Å²) in [4.78, 5) is 25.6. The minimum Gasteiger partial charge on any atom is -0.756 e. The molecule has 0 saturated heterocycles. The van der Waals surface area contributed by atoms with Gasteiger partial charge in [0.15, 0.2) is 0 Å². The quantitative estimate of drug-likeness (QED) is 0.0272. The molecule has 8 nitrogen and oxygen atoms in total. The van der Waals surface area contributed by atoms with E-state index in [1.165, 1.54) is 212 Å². The number of rotatable bonds is 63. The Bertz CT molecular complexity index is 1600. The first-order valence-corrected chi connectivity index (χ1v) is 35.9. The lowest BCUT2D eigenvalue weighted by molar-refractivity contribution is -0.870. The van der Waals surface area contributed by atoms with Gasteiger partial charge in [0.2, 0.25) is 5.91 Å². The van der Waals surface area contributed by atoms with Gasteiger partial charge >= 0.3 is 0 Å². The first-order chi connectivity index (χ1) is 39.5. The lowest BCUT2D eigenvalue weighted by Crippen LogP contribution is -2.45. The van der Waals surface area contributed by atoms with Gasteiger partial charge in [-0.25, -0.2) is 0 Å². The average molecular weight is 1150 g/mol. The van der Waals surface area contributed by atoms with Crippen molar-refractivity contribution in [1.82, 2.24) is 5.32 Å². The van der Waals surface area contributed by atoms with Crippen LogP contribution in [0.3, 0.4) is 0 Å². The zero-order valence-corrected chi connectivity index (χ0v) is 54.9. The molecule has 0 fully saturated rings. The lowest BCUT2D eigenvalue weighted by Gasteiger charge is -2.29. The number of likely N-dealkylation sites (N-methyl/N-ethyl adjacent to an activating group) is 1. The fourth-order valence-corrected chi connectivity index (χ4v) is 10.8. The normalized spacial score (nSPS) is 14.2. The summed E-state index contributed by atoms with van der Waals surface area (Å²) in [6.07, 6.45) is 88.4. The van der Waals surface area contributed by atoms with Gasteiger partial charge in [-0.3, -0.25) is 9.36 Å². The van der Waals surface area contributed by atoms with Gasteiger partial charge in [-0.1, -0.05) is 324 Å². The van der Waals surface area contributed by atoms with Gasteiger partial charge in [0.05, 0.1) is 39.9 Å². The number of nitrogens with zero attached hydrogens (tertiary/aromatic N) is 1. The fourth-order valence-electron chi connectivity index (χ4n) is 10.0. The van der Waals surface area contributed by atoms with Crippen LogP contribution < -0.4 is 10.2 Å². The largest absolute Gasteiger partial charge is 0.756 e. The molecule has 3 unspecified atom stereocenters. The van der Waals surface area contributed by atoms with Gasteiger partial charge in [0.25, 0.3) is 7.82 Å². The Morgan fingerprint density at radius 3 is 1.10 bits per heavy atom. The Kier molecular flexibility index (Phi) is 60.4. The van der Waals surface area contributed by atoms with Crippen LogP contribution in [0.1, 0.15) is 316 Å². The molecule has 0 radical (unpaired) electrons. The molecule has 0 spiro atoms. The van der Waals surface area contributed by atoms with Crippen LogP contribution in [0, 0.1) is 0 Å². The molecule has 0 aromatic carbocycles. The molecule has 81 heavy (non-hydrogen) atoms. The fraction of sp³-hybridized carbons (Fsp3) is 0.792. The van der Waals surface area contributed by atoms with Crippen LogP contribution in [0.5, 0.6) is 0 Å². The second kappa shape index (κ2) is 62.2. The third-order valence-corrected chi connectivity index (χ3v) is 16.3. The van der Waals surface area contributed by atoms with Crippen molar-refractivity contribution in [1.29, 1.82) is 0 Å². The number of carbonyl (C=O) groups excluding carboxylic acids is 1. The van der Waals surface area contributed by atoms with Crippen LogP contribution >= 0.6 is 7.82 Å². The molecule has 0 aromatic rings. The van der Waals surface area contributed by atoms with E-state index in [9.17, 15) is 19.4 Å². The monoisotopic (exact) mass is 1150 g/mol. The first-order valence-electron chi connectivity index (χ1n) is 34.4. The van der Waals surface area contributed by atoms with Crippen LogP contribution in [0.4, 0.5) is 0 Å². The number of nitrogens with one attached hydrogen (secondary N) is 1. The van der Waals surface area contributed by atoms with E-state index in [0.29, 0.717) is 17.4 Å². The van der Waals surface area contributed by atoms with Crippen molar-refractivity contribution in [2.75, 3.05) is 40.9 Å². The van der Waals surface area contributed by atoms with Crippen molar-refractivity contribution in [2.45, 2.75) is 328 Å². The van der Waals surface area contributed by atoms with Crippen LogP contribution in [-0.4, -0.2) is 68.5 Å². The van der Waals surface area contributed by atoms with Crippen molar-refractivity contribution in [3.05, 3.63) is 85.1 Å². The predicted molar refractivity (Wildman–Crippen MR) is 353 cm³/mol. The first kappa shape index (κ1) is 78.7. The number of unbranched alkanes of at least 4 members (excludes halogenated alkanes) is 38. The summed E-state index contributed by atoms with van der Waals surface area (Å²) in [6.45, 7) is 4.56. The van der Waals surface area contributed by atoms with Crippen molar-refractivity contribution in [3.8, 4) is 0 Å². The maximum absolute atomic E-state index is 13.0. The van der Waals surface area contributed by atoms with Gasteiger partial charge < -0.3 is 28.8 Å². The molecule has 0 rings (SSSR count). The molecular formula is C72H133N2O6P. The molecule has 0 aromatic heterocycles. The number of aliphatic hydroxyl groups is 1. The van der Waals surface area contributed by atoms with Crippen LogP contribution in [0.15, 0.2) is 85.1 Å². The van der Waals surface area contributed by atoms with Gasteiger partial charge in [0.1, 0.15) is 13.2 Å². The van der Waals surface area contributed by atoms with E-state index < -0.39 is 20.0 Å². The Balaban J connectivity index is 4.12. The van der Waals surface area contributed by atoms with Gasteiger partial charge in [-0.05, 0) is 70.6 Å². The van der Waals surface area contributed by atoms with E-state index in [2.05, 4.69) is 92.1 Å². The van der Waals surface area contributed by atoms with E-state index in [1.54, 1.807) is 6.08 Å². The van der Waals surface area contributed by atoms with E-state index in [4.69, 9.17) is 9.05 Å². The SMILES string of the molecule is CC/C=C\C/C=C\C/C=C\C/C=C\C/C=C\C/C=C\CCCCCCCCCCCCC(=O)NC(COP(=O)([O-])OCC[N+](C)(C)C)C(O)/C=C/CCCCCCCCCCCCCCCCCCCCCCCCCCCCCC. The molecule has 0 heterocycles. The highest BCUT2D eigenvalue weighted by molar-refractivity contribution is 7.45. The Labute approximate surface area is 503 Å². The minimum atomic E-state index is -4.61. The number of phosphoric acid groups is 1. The van der Waals surface area contributed by atoms with Crippen LogP contribution in [-0.2, 0) is 18.4 Å². The zero-order valence-electron chi connectivity index (χ0n) is 54.0. The molecular weight excluding hydrogens is 1020 g/mol. The van der Waals surface area contributed by atoms with Gasteiger partial charge in [0, 0.05) is 6.42 Å². The summed E-state index contributed by atoms with van der Waals surface area (Å²) in [5.41, 5.74) is 0. The second-order valence-electron chi connectivity index (χ2n) is 24.5. The summed E-state index contributed by atoms with van der Waals surface area (Å²) >= 11 is 0. The molecule has 2 N–H and O–H groups in total. The highest BCUT2D eigenvalue weighted by Crippen LogP contribution is 2.38. The Hall–Kier alpha value is -2.32. The molecule has 0 aliphatic rings. The number of hydrogen-bond acceptors (Lipinski definition) is 6. The summed E-state index contributed by atoms with van der Waals surface area (Å²) in [7, 11) is 1.26.